The topological polar surface area (TPSA) is 52.7 Å². The maximum atomic E-state index is 14.0. The minimum absolute atomic E-state index is 0.0357. The largest absolute Gasteiger partial charge is 0.338 e. The highest BCUT2D eigenvalue weighted by molar-refractivity contribution is 5.86. The van der Waals surface area contributed by atoms with E-state index in [0.29, 0.717) is 26.1 Å². The molecule has 1 aromatic rings. The average Bonchev–Trinajstić information content (AvgIpc) is 3.01. The van der Waals surface area contributed by atoms with E-state index in [1.165, 1.54) is 12.1 Å². The number of nitrogens with one attached hydrogen (secondary N) is 1. The van der Waals surface area contributed by atoms with Crippen molar-refractivity contribution in [2.24, 2.45) is 5.41 Å². The smallest absolute Gasteiger partial charge is 0.317 e. The Morgan fingerprint density at radius 3 is 2.77 bits per heavy atom. The van der Waals surface area contributed by atoms with Gasteiger partial charge in [-0.25, -0.2) is 13.6 Å². The Morgan fingerprint density at radius 2 is 2.04 bits per heavy atom. The Kier molecular flexibility index (Phi) is 5.16. The summed E-state index contributed by atoms with van der Waals surface area (Å²) in [6, 6.07) is 3.90. The van der Waals surface area contributed by atoms with Crippen LogP contribution in [0.4, 0.5) is 13.6 Å². The second kappa shape index (κ2) is 7.21. The van der Waals surface area contributed by atoms with Crippen LogP contribution in [0.3, 0.4) is 0 Å². The zero-order valence-electron chi connectivity index (χ0n) is 15.2. The molecule has 142 valence electrons. The third-order valence-electron chi connectivity index (χ3n) is 5.27. The Labute approximate surface area is 152 Å². The van der Waals surface area contributed by atoms with E-state index in [2.05, 4.69) is 5.32 Å². The van der Waals surface area contributed by atoms with Crippen LogP contribution in [0.2, 0.25) is 0 Å². The molecule has 1 spiro atoms. The lowest BCUT2D eigenvalue weighted by Crippen LogP contribution is -2.51. The molecule has 2 aliphatic heterocycles. The van der Waals surface area contributed by atoms with Crippen LogP contribution in [0, 0.1) is 17.0 Å². The van der Waals surface area contributed by atoms with Crippen molar-refractivity contribution < 1.29 is 18.4 Å². The molecule has 0 aliphatic carbocycles. The zero-order valence-corrected chi connectivity index (χ0v) is 15.2. The maximum absolute atomic E-state index is 14.0. The van der Waals surface area contributed by atoms with Crippen molar-refractivity contribution in [3.05, 3.63) is 35.4 Å². The highest BCUT2D eigenvalue weighted by atomic mass is 19.2. The number of hydrogen-bond donors (Lipinski definition) is 1. The first-order chi connectivity index (χ1) is 12.3. The molecule has 3 amide bonds. The second-order valence-electron chi connectivity index (χ2n) is 7.60. The predicted octanol–water partition coefficient (Wildman–Crippen LogP) is 2.90. The van der Waals surface area contributed by atoms with Gasteiger partial charge in [0.25, 0.3) is 0 Å². The van der Waals surface area contributed by atoms with Gasteiger partial charge in [-0.2, -0.15) is 0 Å². The van der Waals surface area contributed by atoms with E-state index in [0.717, 1.165) is 18.9 Å². The molecule has 3 rings (SSSR count). The van der Waals surface area contributed by atoms with Crippen LogP contribution in [-0.2, 0) is 11.3 Å². The monoisotopic (exact) mass is 365 g/mol. The predicted molar refractivity (Wildman–Crippen MR) is 93.3 cm³/mol. The molecule has 1 N–H and O–H groups in total. The van der Waals surface area contributed by atoms with E-state index in [4.69, 9.17) is 0 Å². The van der Waals surface area contributed by atoms with E-state index in [-0.39, 0.29) is 30.1 Å². The summed E-state index contributed by atoms with van der Waals surface area (Å²) in [6.45, 7) is 5.28. The molecule has 2 heterocycles. The van der Waals surface area contributed by atoms with E-state index in [1.54, 1.807) is 9.80 Å². The molecule has 1 atom stereocenters. The number of benzene rings is 1. The molecule has 2 aliphatic rings. The molecule has 0 aromatic heterocycles. The Bertz CT molecular complexity index is 710. The number of nitrogens with zero attached hydrogens (tertiary/aromatic N) is 2. The van der Waals surface area contributed by atoms with Gasteiger partial charge in [-0.1, -0.05) is 12.1 Å². The summed E-state index contributed by atoms with van der Waals surface area (Å²) in [7, 11) is 0. The van der Waals surface area contributed by atoms with Crippen LogP contribution in [-0.4, -0.2) is 47.4 Å². The number of piperidine rings is 1. The molecular formula is C19H25F2N3O2. The fourth-order valence-corrected chi connectivity index (χ4v) is 3.94. The van der Waals surface area contributed by atoms with E-state index in [9.17, 15) is 18.4 Å². The maximum Gasteiger partial charge on any atom is 0.317 e. The van der Waals surface area contributed by atoms with Crippen LogP contribution < -0.4 is 5.32 Å². The van der Waals surface area contributed by atoms with Crippen molar-refractivity contribution in [3.63, 3.8) is 0 Å². The summed E-state index contributed by atoms with van der Waals surface area (Å²) < 4.78 is 27.4. The molecule has 1 unspecified atom stereocenters. The molecule has 0 saturated carbocycles. The number of hydrogen-bond acceptors (Lipinski definition) is 2. The van der Waals surface area contributed by atoms with Gasteiger partial charge in [0.2, 0.25) is 5.91 Å². The average molecular weight is 365 g/mol. The number of carbonyl (C=O) groups is 2. The van der Waals surface area contributed by atoms with Gasteiger partial charge in [-0.15, -0.1) is 0 Å². The molecule has 2 saturated heterocycles. The highest BCUT2D eigenvalue weighted by Crippen LogP contribution is 2.40. The molecule has 26 heavy (non-hydrogen) atoms. The van der Waals surface area contributed by atoms with Crippen LogP contribution in [0.5, 0.6) is 0 Å². The molecular weight excluding hydrogens is 340 g/mol. The van der Waals surface area contributed by atoms with Crippen LogP contribution >= 0.6 is 0 Å². The van der Waals surface area contributed by atoms with Crippen molar-refractivity contribution in [1.29, 1.82) is 0 Å². The summed E-state index contributed by atoms with van der Waals surface area (Å²) in [4.78, 5) is 28.6. The van der Waals surface area contributed by atoms with Gasteiger partial charge in [-0.05, 0) is 39.2 Å². The fourth-order valence-electron chi connectivity index (χ4n) is 3.94. The second-order valence-corrected chi connectivity index (χ2v) is 7.60. The first-order valence-electron chi connectivity index (χ1n) is 9.10. The first-order valence-corrected chi connectivity index (χ1v) is 9.10. The lowest BCUT2D eigenvalue weighted by Gasteiger charge is -2.39. The van der Waals surface area contributed by atoms with Crippen molar-refractivity contribution in [2.45, 2.75) is 45.7 Å². The Morgan fingerprint density at radius 1 is 1.27 bits per heavy atom. The first kappa shape index (κ1) is 18.6. The summed E-state index contributed by atoms with van der Waals surface area (Å²) in [5.41, 5.74) is -0.418. The minimum Gasteiger partial charge on any atom is -0.338 e. The van der Waals surface area contributed by atoms with Gasteiger partial charge in [0.15, 0.2) is 11.6 Å². The number of rotatable bonds is 3. The fraction of sp³-hybridized carbons (Fsp3) is 0.579. The summed E-state index contributed by atoms with van der Waals surface area (Å²) in [5.74, 6) is -1.87. The molecule has 0 radical (unpaired) electrons. The number of amides is 3. The lowest BCUT2D eigenvalue weighted by atomic mass is 9.78. The third-order valence-corrected chi connectivity index (χ3v) is 5.27. The number of halogens is 2. The van der Waals surface area contributed by atoms with Gasteiger partial charge in [0.1, 0.15) is 0 Å². The Hall–Kier alpha value is -2.18. The van der Waals surface area contributed by atoms with Crippen molar-refractivity contribution in [3.8, 4) is 0 Å². The van der Waals surface area contributed by atoms with E-state index < -0.39 is 17.0 Å². The van der Waals surface area contributed by atoms with Gasteiger partial charge < -0.3 is 15.1 Å². The quantitative estimate of drug-likeness (QED) is 0.896. The normalized spacial score (nSPS) is 23.2. The van der Waals surface area contributed by atoms with E-state index in [1.807, 2.05) is 13.8 Å². The Balaban J connectivity index is 1.72. The van der Waals surface area contributed by atoms with Crippen LogP contribution in [0.15, 0.2) is 18.2 Å². The minimum atomic E-state index is -0.904. The molecule has 5 nitrogen and oxygen atoms in total. The third kappa shape index (κ3) is 3.52. The molecule has 2 fully saturated rings. The van der Waals surface area contributed by atoms with Gasteiger partial charge in [-0.3, -0.25) is 4.79 Å². The molecule has 0 bridgehead atoms. The number of urea groups is 1. The summed E-state index contributed by atoms with van der Waals surface area (Å²) >= 11 is 0. The van der Waals surface area contributed by atoms with Gasteiger partial charge in [0.05, 0.1) is 5.41 Å². The SMILES string of the molecule is CC(C)NC(=O)N1CCC2(CCCN(Cc3cccc(F)c3F)C2=O)C1. The lowest BCUT2D eigenvalue weighted by molar-refractivity contribution is -0.146. The summed E-state index contributed by atoms with van der Waals surface area (Å²) in [6.07, 6.45) is 2.13. The van der Waals surface area contributed by atoms with Crippen molar-refractivity contribution in [2.75, 3.05) is 19.6 Å². The zero-order chi connectivity index (χ0) is 18.9. The van der Waals surface area contributed by atoms with Crippen LogP contribution in [0.25, 0.3) is 0 Å². The molecule has 7 heteroatoms. The number of likely N-dealkylation sites (tertiary alicyclic amines) is 2. The highest BCUT2D eigenvalue weighted by Gasteiger charge is 2.49. The van der Waals surface area contributed by atoms with Crippen LogP contribution in [0.1, 0.15) is 38.7 Å². The molecule has 1 aromatic carbocycles. The van der Waals surface area contributed by atoms with E-state index >= 15 is 0 Å². The number of carbonyl (C=O) groups excluding carboxylic acids is 2. The van der Waals surface area contributed by atoms with Gasteiger partial charge >= 0.3 is 6.03 Å². The van der Waals surface area contributed by atoms with Crippen molar-refractivity contribution in [1.82, 2.24) is 15.1 Å². The standard InChI is InChI=1S/C19H25F2N3O2/c1-13(2)22-18(26)24-10-8-19(12-24)7-4-9-23(17(19)25)11-14-5-3-6-15(20)16(14)21/h3,5-6,13H,4,7-12H2,1-2H3,(H,22,26). The van der Waals surface area contributed by atoms with Gasteiger partial charge in [0, 0.05) is 37.8 Å². The van der Waals surface area contributed by atoms with Crippen molar-refractivity contribution >= 4 is 11.9 Å². The summed E-state index contributed by atoms with van der Waals surface area (Å²) in [5, 5.41) is 2.86.